The highest BCUT2D eigenvalue weighted by Gasteiger charge is 2.37. The Hall–Kier alpha value is -1.74. The fraction of sp³-hybridized carbons (Fsp3) is 0.273. The van der Waals surface area contributed by atoms with Gasteiger partial charge >= 0.3 is 12.1 Å². The van der Waals surface area contributed by atoms with Gasteiger partial charge in [0.15, 0.2) is 0 Å². The predicted molar refractivity (Wildman–Crippen MR) is 57.1 cm³/mol. The monoisotopic (exact) mass is 277 g/mol. The molecule has 0 N–H and O–H groups in total. The van der Waals surface area contributed by atoms with Crippen LogP contribution in [0.4, 0.5) is 13.2 Å². The first-order valence-corrected chi connectivity index (χ1v) is 5.17. The number of esters is 1. The van der Waals surface area contributed by atoms with Crippen LogP contribution in [0.5, 0.6) is 0 Å². The van der Waals surface area contributed by atoms with Crippen molar-refractivity contribution in [2.45, 2.75) is 13.1 Å². The van der Waals surface area contributed by atoms with Gasteiger partial charge in [-0.3, -0.25) is 0 Å². The van der Waals surface area contributed by atoms with Crippen LogP contribution in [-0.2, 0) is 10.9 Å². The van der Waals surface area contributed by atoms with Crippen LogP contribution in [0.3, 0.4) is 0 Å². The molecule has 0 fully saturated rings. The lowest BCUT2D eigenvalue weighted by Gasteiger charge is -2.13. The molecular weight excluding hydrogens is 271 g/mol. The number of hydrogen-bond donors (Lipinski definition) is 0. The number of nitrogens with zero attached hydrogens (tertiary/aromatic N) is 1. The number of benzene rings is 1. The number of ether oxygens (including phenoxy) is 1. The van der Waals surface area contributed by atoms with Crippen LogP contribution < -0.4 is 0 Å². The molecule has 0 radical (unpaired) electrons. The van der Waals surface area contributed by atoms with E-state index in [-0.39, 0.29) is 12.2 Å². The molecule has 18 heavy (non-hydrogen) atoms. The maximum absolute atomic E-state index is 12.8. The summed E-state index contributed by atoms with van der Waals surface area (Å²) in [7, 11) is 0. The number of carbonyl (C=O) groups is 1. The van der Waals surface area contributed by atoms with Gasteiger partial charge in [-0.2, -0.15) is 18.4 Å². The van der Waals surface area contributed by atoms with E-state index in [0.29, 0.717) is 6.07 Å². The number of nitriles is 1. The van der Waals surface area contributed by atoms with Gasteiger partial charge in [0.25, 0.3) is 0 Å². The molecule has 0 heterocycles. The third-order valence-corrected chi connectivity index (χ3v) is 2.30. The highest BCUT2D eigenvalue weighted by molar-refractivity contribution is 6.34. The molecule has 1 aromatic rings. The Morgan fingerprint density at radius 3 is 2.56 bits per heavy atom. The summed E-state index contributed by atoms with van der Waals surface area (Å²) in [6.45, 7) is 1.38. The fourth-order valence-electron chi connectivity index (χ4n) is 1.31. The lowest BCUT2D eigenvalue weighted by atomic mass is 10.0. The van der Waals surface area contributed by atoms with Gasteiger partial charge in [0.05, 0.1) is 34.4 Å². The van der Waals surface area contributed by atoms with E-state index in [4.69, 9.17) is 16.9 Å². The molecule has 0 bridgehead atoms. The summed E-state index contributed by atoms with van der Waals surface area (Å²) in [5, 5.41) is 8.13. The third kappa shape index (κ3) is 2.93. The summed E-state index contributed by atoms with van der Waals surface area (Å²) in [6, 6.07) is 3.10. The van der Waals surface area contributed by atoms with E-state index in [2.05, 4.69) is 4.74 Å². The smallest absolute Gasteiger partial charge is 0.417 e. The van der Waals surface area contributed by atoms with Crippen molar-refractivity contribution in [3.05, 3.63) is 33.8 Å². The van der Waals surface area contributed by atoms with E-state index in [0.717, 1.165) is 6.07 Å². The minimum atomic E-state index is -4.79. The van der Waals surface area contributed by atoms with Crippen molar-refractivity contribution >= 4 is 17.6 Å². The van der Waals surface area contributed by atoms with Crippen LogP contribution in [0.2, 0.25) is 5.02 Å². The zero-order chi connectivity index (χ0) is 13.9. The molecule has 0 saturated heterocycles. The van der Waals surface area contributed by atoms with Crippen molar-refractivity contribution in [1.29, 1.82) is 5.26 Å². The molecule has 1 rings (SSSR count). The average Bonchev–Trinajstić information content (AvgIpc) is 2.26. The molecule has 1 aromatic carbocycles. The molecular formula is C11H7ClF3NO2. The van der Waals surface area contributed by atoms with Gasteiger partial charge in [0.2, 0.25) is 0 Å². The topological polar surface area (TPSA) is 50.1 Å². The maximum Gasteiger partial charge on any atom is 0.417 e. The summed E-state index contributed by atoms with van der Waals surface area (Å²) in [5.74, 6) is -1.17. The first-order chi connectivity index (χ1) is 8.31. The van der Waals surface area contributed by atoms with Crippen LogP contribution in [0.15, 0.2) is 12.1 Å². The largest absolute Gasteiger partial charge is 0.462 e. The third-order valence-electron chi connectivity index (χ3n) is 2.00. The normalized spacial score (nSPS) is 10.9. The zero-order valence-electron chi connectivity index (χ0n) is 9.14. The fourth-order valence-corrected chi connectivity index (χ4v) is 1.60. The van der Waals surface area contributed by atoms with Crippen molar-refractivity contribution in [3.63, 3.8) is 0 Å². The van der Waals surface area contributed by atoms with E-state index in [1.54, 1.807) is 6.07 Å². The Balaban J connectivity index is 3.49. The van der Waals surface area contributed by atoms with Gasteiger partial charge < -0.3 is 4.74 Å². The lowest BCUT2D eigenvalue weighted by Crippen LogP contribution is -2.16. The van der Waals surface area contributed by atoms with Crippen LogP contribution in [0.25, 0.3) is 0 Å². The molecule has 0 saturated carbocycles. The van der Waals surface area contributed by atoms with Crippen LogP contribution >= 0.6 is 11.6 Å². The zero-order valence-corrected chi connectivity index (χ0v) is 9.89. The minimum Gasteiger partial charge on any atom is -0.462 e. The number of rotatable bonds is 2. The van der Waals surface area contributed by atoms with Crippen LogP contribution in [-0.4, -0.2) is 12.6 Å². The minimum absolute atomic E-state index is 0.0769. The van der Waals surface area contributed by atoms with E-state index >= 15 is 0 Å². The summed E-state index contributed by atoms with van der Waals surface area (Å²) in [5.41, 5.74) is -2.32. The van der Waals surface area contributed by atoms with E-state index < -0.39 is 28.3 Å². The number of carbonyl (C=O) groups excluding carboxylic acids is 1. The van der Waals surface area contributed by atoms with Gasteiger partial charge in [-0.1, -0.05) is 11.6 Å². The summed E-state index contributed by atoms with van der Waals surface area (Å²) in [6.07, 6.45) is -4.79. The molecule has 3 nitrogen and oxygen atoms in total. The van der Waals surface area contributed by atoms with Gasteiger partial charge in [-0.15, -0.1) is 0 Å². The molecule has 0 aliphatic carbocycles. The molecule has 0 spiro atoms. The summed E-state index contributed by atoms with van der Waals surface area (Å²) in [4.78, 5) is 11.4. The van der Waals surface area contributed by atoms with Crippen LogP contribution in [0, 0.1) is 11.3 Å². The Labute approximate surface area is 106 Å². The van der Waals surface area contributed by atoms with Gasteiger partial charge in [-0.05, 0) is 19.1 Å². The van der Waals surface area contributed by atoms with Crippen molar-refractivity contribution in [2.75, 3.05) is 6.61 Å². The summed E-state index contributed by atoms with van der Waals surface area (Å²) < 4.78 is 42.8. The maximum atomic E-state index is 12.8. The molecule has 0 aliphatic heterocycles. The first kappa shape index (κ1) is 14.3. The molecule has 0 amide bonds. The second-order valence-corrected chi connectivity index (χ2v) is 3.62. The van der Waals surface area contributed by atoms with E-state index in [1.165, 1.54) is 6.92 Å². The van der Waals surface area contributed by atoms with Gasteiger partial charge in [-0.25, -0.2) is 4.79 Å². The Morgan fingerprint density at radius 2 is 2.11 bits per heavy atom. The Kier molecular flexibility index (Phi) is 4.19. The highest BCUT2D eigenvalue weighted by atomic mass is 35.5. The summed E-state index contributed by atoms with van der Waals surface area (Å²) >= 11 is 5.60. The quantitative estimate of drug-likeness (QED) is 0.778. The second kappa shape index (κ2) is 5.27. The number of halogens is 4. The molecule has 7 heteroatoms. The van der Waals surface area contributed by atoms with Crippen molar-refractivity contribution in [1.82, 2.24) is 0 Å². The van der Waals surface area contributed by atoms with Crippen LogP contribution in [0.1, 0.15) is 28.4 Å². The SMILES string of the molecule is CCOC(=O)c1c(Cl)cc(C#N)cc1C(F)(F)F. The van der Waals surface area contributed by atoms with Crippen molar-refractivity contribution < 1.29 is 22.7 Å². The second-order valence-electron chi connectivity index (χ2n) is 3.21. The molecule has 0 unspecified atom stereocenters. The highest BCUT2D eigenvalue weighted by Crippen LogP contribution is 2.36. The van der Waals surface area contributed by atoms with Crippen molar-refractivity contribution in [3.8, 4) is 6.07 Å². The molecule has 0 aromatic heterocycles. The van der Waals surface area contributed by atoms with Gasteiger partial charge in [0.1, 0.15) is 0 Å². The number of alkyl halides is 3. The Bertz CT molecular complexity index is 520. The standard InChI is InChI=1S/C11H7ClF3NO2/c1-2-18-10(17)9-7(11(13,14)15)3-6(5-16)4-8(9)12/h3-4H,2H2,1H3. The van der Waals surface area contributed by atoms with E-state index in [9.17, 15) is 18.0 Å². The average molecular weight is 278 g/mol. The van der Waals surface area contributed by atoms with E-state index in [1.807, 2.05) is 0 Å². The molecule has 0 aliphatic rings. The Morgan fingerprint density at radius 1 is 1.50 bits per heavy atom. The first-order valence-electron chi connectivity index (χ1n) is 4.79. The lowest BCUT2D eigenvalue weighted by molar-refractivity contribution is -0.138. The molecule has 96 valence electrons. The number of hydrogen-bond acceptors (Lipinski definition) is 3. The molecule has 0 atom stereocenters. The van der Waals surface area contributed by atoms with Crippen molar-refractivity contribution in [2.24, 2.45) is 0 Å². The van der Waals surface area contributed by atoms with Gasteiger partial charge in [0, 0.05) is 0 Å². The predicted octanol–water partition coefficient (Wildman–Crippen LogP) is 3.41.